The van der Waals surface area contributed by atoms with Crippen molar-refractivity contribution in [2.24, 2.45) is 4.99 Å². The summed E-state index contributed by atoms with van der Waals surface area (Å²) in [4.78, 5) is 12.3. The summed E-state index contributed by atoms with van der Waals surface area (Å²) in [7, 11) is 0. The zero-order chi connectivity index (χ0) is 7.68. The average molecular weight is 148 g/mol. The molecule has 56 valence electrons. The highest BCUT2D eigenvalue weighted by Crippen LogP contribution is 2.11. The van der Waals surface area contributed by atoms with E-state index < -0.39 is 0 Å². The Morgan fingerprint density at radius 2 is 2.18 bits per heavy atom. The average Bonchev–Trinajstić information content (AvgIpc) is 2.04. The van der Waals surface area contributed by atoms with E-state index in [0.29, 0.717) is 0 Å². The molecule has 0 amide bonds. The lowest BCUT2D eigenvalue weighted by Crippen LogP contribution is -2.19. The zero-order valence-corrected chi connectivity index (χ0v) is 6.15. The van der Waals surface area contributed by atoms with Crippen LogP contribution in [0.3, 0.4) is 0 Å². The molecule has 0 spiro atoms. The quantitative estimate of drug-likeness (QED) is 0.588. The van der Waals surface area contributed by atoms with Gasteiger partial charge in [-0.25, -0.2) is 9.97 Å². The molecule has 1 unspecified atom stereocenters. The van der Waals surface area contributed by atoms with Crippen molar-refractivity contribution in [1.29, 1.82) is 0 Å². The third-order valence-electron chi connectivity index (χ3n) is 1.49. The van der Waals surface area contributed by atoms with Crippen molar-refractivity contribution < 1.29 is 0 Å². The molecule has 1 aromatic rings. The topological polar surface area (TPSA) is 50.2 Å². The third-order valence-corrected chi connectivity index (χ3v) is 1.49. The smallest absolute Gasteiger partial charge is 0.155 e. The second kappa shape index (κ2) is 2.30. The first-order chi connectivity index (χ1) is 5.36. The van der Waals surface area contributed by atoms with Crippen molar-refractivity contribution in [3.8, 4) is 0 Å². The van der Waals surface area contributed by atoms with Crippen LogP contribution in [0.15, 0.2) is 17.4 Å². The molecular formula is C7H8N4. The second-order valence-electron chi connectivity index (χ2n) is 2.39. The van der Waals surface area contributed by atoms with Gasteiger partial charge in [0.25, 0.3) is 0 Å². The lowest BCUT2D eigenvalue weighted by molar-refractivity contribution is 0.833. The molecule has 1 aromatic heterocycles. The van der Waals surface area contributed by atoms with Crippen LogP contribution >= 0.6 is 0 Å². The van der Waals surface area contributed by atoms with E-state index in [-0.39, 0.29) is 6.17 Å². The standard InChI is InChI=1S/C7H8N4/c1-5-10-4-6-7(11-5)9-3-2-8-6/h2-5H,1H3,(H,9,11). The van der Waals surface area contributed by atoms with Gasteiger partial charge in [0.2, 0.25) is 0 Å². The Balaban J connectivity index is 2.46. The fraction of sp³-hybridized carbons (Fsp3) is 0.286. The molecule has 0 aromatic carbocycles. The van der Waals surface area contributed by atoms with Gasteiger partial charge in [0.15, 0.2) is 5.82 Å². The molecule has 1 atom stereocenters. The Hall–Kier alpha value is -1.45. The molecule has 2 heterocycles. The molecule has 2 rings (SSSR count). The van der Waals surface area contributed by atoms with Gasteiger partial charge in [0, 0.05) is 12.4 Å². The van der Waals surface area contributed by atoms with E-state index in [2.05, 4.69) is 20.3 Å². The summed E-state index contributed by atoms with van der Waals surface area (Å²) in [5.41, 5.74) is 0.811. The number of anilines is 1. The normalized spacial score (nSPS) is 20.6. The maximum Gasteiger partial charge on any atom is 0.155 e. The number of nitrogens with zero attached hydrogens (tertiary/aromatic N) is 3. The van der Waals surface area contributed by atoms with Crippen LogP contribution < -0.4 is 5.32 Å². The number of aromatic nitrogens is 2. The molecule has 11 heavy (non-hydrogen) atoms. The second-order valence-corrected chi connectivity index (χ2v) is 2.39. The van der Waals surface area contributed by atoms with Crippen molar-refractivity contribution in [3.63, 3.8) is 0 Å². The van der Waals surface area contributed by atoms with Crippen LogP contribution in [0.4, 0.5) is 5.82 Å². The SMILES string of the molecule is CC1N=Cc2nccnc2N1. The fourth-order valence-corrected chi connectivity index (χ4v) is 0.972. The lowest BCUT2D eigenvalue weighted by Gasteiger charge is -2.15. The van der Waals surface area contributed by atoms with Gasteiger partial charge in [-0.2, -0.15) is 0 Å². The summed E-state index contributed by atoms with van der Waals surface area (Å²) >= 11 is 0. The Labute approximate surface area is 64.4 Å². The van der Waals surface area contributed by atoms with E-state index in [1.807, 2.05) is 6.92 Å². The first-order valence-electron chi connectivity index (χ1n) is 3.47. The summed E-state index contributed by atoms with van der Waals surface area (Å²) in [6.45, 7) is 1.97. The van der Waals surface area contributed by atoms with Crippen LogP contribution in [0.2, 0.25) is 0 Å². The van der Waals surface area contributed by atoms with Gasteiger partial charge in [-0.05, 0) is 6.92 Å². The minimum atomic E-state index is 0.110. The third kappa shape index (κ3) is 1.07. The molecule has 1 aliphatic heterocycles. The van der Waals surface area contributed by atoms with Crippen molar-refractivity contribution >= 4 is 12.0 Å². The maximum atomic E-state index is 4.13. The van der Waals surface area contributed by atoms with E-state index in [9.17, 15) is 0 Å². The van der Waals surface area contributed by atoms with E-state index in [4.69, 9.17) is 0 Å². The molecule has 4 heteroatoms. The Bertz CT molecular complexity index is 294. The molecule has 0 saturated heterocycles. The number of rotatable bonds is 0. The van der Waals surface area contributed by atoms with E-state index >= 15 is 0 Å². The van der Waals surface area contributed by atoms with E-state index in [1.54, 1.807) is 18.6 Å². The number of aliphatic imine (C=N–C) groups is 1. The van der Waals surface area contributed by atoms with Gasteiger partial charge in [0.1, 0.15) is 11.9 Å². The molecule has 0 bridgehead atoms. The van der Waals surface area contributed by atoms with Crippen molar-refractivity contribution in [3.05, 3.63) is 18.1 Å². The number of hydrogen-bond donors (Lipinski definition) is 1. The molecule has 4 nitrogen and oxygen atoms in total. The van der Waals surface area contributed by atoms with Crippen molar-refractivity contribution in [1.82, 2.24) is 9.97 Å². The molecular weight excluding hydrogens is 140 g/mol. The minimum Gasteiger partial charge on any atom is -0.347 e. The Morgan fingerprint density at radius 1 is 1.36 bits per heavy atom. The van der Waals surface area contributed by atoms with Gasteiger partial charge in [-0.15, -0.1) is 0 Å². The number of hydrogen-bond acceptors (Lipinski definition) is 4. The molecule has 0 fully saturated rings. The Morgan fingerprint density at radius 3 is 3.09 bits per heavy atom. The van der Waals surface area contributed by atoms with Crippen molar-refractivity contribution in [2.45, 2.75) is 13.1 Å². The van der Waals surface area contributed by atoms with Crippen LogP contribution in [-0.4, -0.2) is 22.3 Å². The van der Waals surface area contributed by atoms with Crippen LogP contribution in [0.1, 0.15) is 12.6 Å². The molecule has 1 aliphatic rings. The zero-order valence-electron chi connectivity index (χ0n) is 6.15. The summed E-state index contributed by atoms with van der Waals surface area (Å²) < 4.78 is 0. The highest BCUT2D eigenvalue weighted by molar-refractivity contribution is 5.85. The monoisotopic (exact) mass is 148 g/mol. The summed E-state index contributed by atoms with van der Waals surface area (Å²) in [5.74, 6) is 0.815. The molecule has 0 radical (unpaired) electrons. The predicted molar refractivity (Wildman–Crippen MR) is 42.7 cm³/mol. The van der Waals surface area contributed by atoms with Crippen molar-refractivity contribution in [2.75, 3.05) is 5.32 Å². The molecule has 0 saturated carbocycles. The first kappa shape index (κ1) is 6.27. The maximum absolute atomic E-state index is 4.13. The van der Waals surface area contributed by atoms with Gasteiger partial charge in [-0.3, -0.25) is 4.99 Å². The van der Waals surface area contributed by atoms with Gasteiger partial charge in [-0.1, -0.05) is 0 Å². The van der Waals surface area contributed by atoms with E-state index in [0.717, 1.165) is 11.5 Å². The number of fused-ring (bicyclic) bond motifs is 1. The largest absolute Gasteiger partial charge is 0.347 e. The van der Waals surface area contributed by atoms with Crippen LogP contribution in [0, 0.1) is 0 Å². The summed E-state index contributed by atoms with van der Waals surface area (Å²) in [5, 5.41) is 3.09. The lowest BCUT2D eigenvalue weighted by atomic mass is 10.3. The van der Waals surface area contributed by atoms with Gasteiger partial charge < -0.3 is 5.32 Å². The number of nitrogens with one attached hydrogen (secondary N) is 1. The van der Waals surface area contributed by atoms with Gasteiger partial charge >= 0.3 is 0 Å². The van der Waals surface area contributed by atoms with Crippen LogP contribution in [0.5, 0.6) is 0 Å². The van der Waals surface area contributed by atoms with Crippen LogP contribution in [-0.2, 0) is 0 Å². The molecule has 0 aliphatic carbocycles. The molecule has 1 N–H and O–H groups in total. The summed E-state index contributed by atoms with van der Waals surface area (Å²) in [6.07, 6.45) is 5.17. The highest BCUT2D eigenvalue weighted by atomic mass is 15.1. The van der Waals surface area contributed by atoms with Gasteiger partial charge in [0.05, 0.1) is 6.21 Å². The minimum absolute atomic E-state index is 0.110. The highest BCUT2D eigenvalue weighted by Gasteiger charge is 2.09. The van der Waals surface area contributed by atoms with Crippen LogP contribution in [0.25, 0.3) is 0 Å². The fourth-order valence-electron chi connectivity index (χ4n) is 0.972. The Kier molecular flexibility index (Phi) is 1.31. The van der Waals surface area contributed by atoms with E-state index in [1.165, 1.54) is 0 Å². The summed E-state index contributed by atoms with van der Waals surface area (Å²) in [6, 6.07) is 0. The first-order valence-corrected chi connectivity index (χ1v) is 3.47. The predicted octanol–water partition coefficient (Wildman–Crippen LogP) is 0.667.